The van der Waals surface area contributed by atoms with Gasteiger partial charge in [0.25, 0.3) is 0 Å². The number of fused-ring (bicyclic) bond motifs is 11. The van der Waals surface area contributed by atoms with E-state index in [1.165, 1.54) is 141 Å². The number of nitrogens with zero attached hydrogens (tertiary/aromatic N) is 9. The van der Waals surface area contributed by atoms with Crippen molar-refractivity contribution in [2.75, 3.05) is 0 Å². The van der Waals surface area contributed by atoms with Crippen LogP contribution in [-0.4, -0.2) is 69.1 Å². The molecule has 23 aromatic rings. The first kappa shape index (κ1) is 89.9. The molecule has 20 aromatic carbocycles. The van der Waals surface area contributed by atoms with Gasteiger partial charge in [0, 0.05) is 50.1 Å². The number of hydrogen-bond acceptors (Lipinski definition) is 9. The lowest BCUT2D eigenvalue weighted by atomic mass is 9.94. The van der Waals surface area contributed by atoms with Gasteiger partial charge in [0.15, 0.2) is 68.6 Å². The zero-order chi connectivity index (χ0) is 97.7. The molecule has 9 nitrogen and oxygen atoms in total. The molecule has 0 fully saturated rings. The smallest absolute Gasteiger partial charge is 0.180 e. The topological polar surface area (TPSA) is 116 Å². The lowest BCUT2D eigenvalue weighted by Crippen LogP contribution is -2.72. The van der Waals surface area contributed by atoms with Crippen LogP contribution in [0.4, 0.5) is 0 Å². The fourth-order valence-corrected chi connectivity index (χ4v) is 35.1. The predicted octanol–water partition coefficient (Wildman–Crippen LogP) is 25.5. The van der Waals surface area contributed by atoms with E-state index in [2.05, 4.69) is 459 Å². The maximum absolute atomic E-state index is 5.19. The molecular weight excluding hydrogens is 1810 g/mol. The summed E-state index contributed by atoms with van der Waals surface area (Å²) in [5.41, 5.74) is 28.7. The van der Waals surface area contributed by atoms with Gasteiger partial charge in [-0.2, -0.15) is 0 Å². The molecule has 3 aromatic heterocycles. The molecule has 0 spiro atoms. The standard InChI is InChI=1S/2C47H35N3Si.C39H29N3Si/c1-32-17-26-39(27-18-32)51(40-28-19-33(2)20-29-40)43-16-10-9-15-41(43)42-31-38(25-30-44(42)51)47-49-45(36-13-7-4-8-14-36)48-46(50-47)37-23-21-35(22-24-37)34-11-5-3-6-12-34;1-32-17-26-39(27-18-32)51(40-28-19-33(2)20-29-40)43-16-10-9-15-41(43)42-30-25-38(31-44(42)51)47-49-45(36-13-7-4-8-14-36)48-46(50-47)37-23-21-35(22-24-37)34-11-5-3-6-12-34;1-43(2)34-20-12-11-19-32(34)36-31-18-10-9-17-30(31)33(25-35(36)43)39-41-37(28-15-7-4-8-16-28)40-38(42-39)29-23-21-27(22-24-29)26-13-5-3-6-14-26/h2*3-31H,1-2H3;3-25H,1-2H3. The van der Waals surface area contributed by atoms with E-state index in [4.69, 9.17) is 44.9 Å². The van der Waals surface area contributed by atoms with Crippen LogP contribution in [0.5, 0.6) is 0 Å². The summed E-state index contributed by atoms with van der Waals surface area (Å²) in [6.07, 6.45) is 0. The number of hydrogen-bond donors (Lipinski definition) is 0. The van der Waals surface area contributed by atoms with Crippen LogP contribution in [0.1, 0.15) is 22.3 Å². The molecule has 0 unspecified atom stereocenters. The second-order valence-corrected chi connectivity index (χ2v) is 50.3. The second kappa shape index (κ2) is 38.1. The third-order valence-electron chi connectivity index (χ3n) is 29.1. The third kappa shape index (κ3) is 16.7. The molecule has 6 heterocycles. The molecule has 688 valence electrons. The van der Waals surface area contributed by atoms with Gasteiger partial charge in [-0.3, -0.25) is 0 Å². The van der Waals surface area contributed by atoms with Gasteiger partial charge < -0.3 is 0 Å². The van der Waals surface area contributed by atoms with E-state index in [9.17, 15) is 0 Å². The van der Waals surface area contributed by atoms with Crippen LogP contribution < -0.4 is 51.9 Å². The largest absolute Gasteiger partial charge is 0.208 e. The molecule has 3 aliphatic rings. The molecule has 0 atom stereocenters. The van der Waals surface area contributed by atoms with Crippen LogP contribution in [0.25, 0.3) is 180 Å². The summed E-state index contributed by atoms with van der Waals surface area (Å²) in [6.45, 7) is 13.6. The van der Waals surface area contributed by atoms with Gasteiger partial charge in [0.05, 0.1) is 0 Å². The quantitative estimate of drug-likeness (QED) is 0.0872. The molecule has 0 N–H and O–H groups in total. The van der Waals surface area contributed by atoms with Gasteiger partial charge in [-0.05, 0) is 163 Å². The molecular formula is C133H99N9Si3. The minimum atomic E-state index is -2.70. The van der Waals surface area contributed by atoms with E-state index >= 15 is 0 Å². The van der Waals surface area contributed by atoms with E-state index in [-0.39, 0.29) is 0 Å². The van der Waals surface area contributed by atoms with Gasteiger partial charge in [0.1, 0.15) is 8.07 Å². The first-order valence-corrected chi connectivity index (χ1v) is 56.6. The number of aromatic nitrogens is 9. The Morgan fingerprint density at radius 2 is 0.386 bits per heavy atom. The summed E-state index contributed by atoms with van der Waals surface area (Å²) in [6, 6.07) is 176. The average Bonchev–Trinajstić information content (AvgIpc) is 1.52. The summed E-state index contributed by atoms with van der Waals surface area (Å²) in [4.78, 5) is 45.9. The van der Waals surface area contributed by atoms with E-state index in [1.807, 2.05) is 72.8 Å². The normalized spacial score (nSPS) is 12.8. The highest BCUT2D eigenvalue weighted by Crippen LogP contribution is 2.42. The van der Waals surface area contributed by atoms with E-state index in [0.29, 0.717) is 52.4 Å². The highest BCUT2D eigenvalue weighted by Gasteiger charge is 2.51. The summed E-state index contributed by atoms with van der Waals surface area (Å²) >= 11 is 0. The van der Waals surface area contributed by atoms with Crippen LogP contribution >= 0.6 is 0 Å². The van der Waals surface area contributed by atoms with Crippen molar-refractivity contribution in [3.63, 3.8) is 0 Å². The van der Waals surface area contributed by atoms with Crippen molar-refractivity contribution in [1.29, 1.82) is 0 Å². The predicted molar refractivity (Wildman–Crippen MR) is 609 cm³/mol. The Morgan fingerprint density at radius 3 is 0.759 bits per heavy atom. The summed E-state index contributed by atoms with van der Waals surface area (Å²) in [7, 11) is -7.24. The van der Waals surface area contributed by atoms with Crippen molar-refractivity contribution in [3.8, 4) is 169 Å². The summed E-state index contributed by atoms with van der Waals surface area (Å²) in [5.74, 6) is 6.02. The maximum Gasteiger partial charge on any atom is 0.180 e. The first-order valence-electron chi connectivity index (χ1n) is 49.6. The van der Waals surface area contributed by atoms with Crippen molar-refractivity contribution in [3.05, 3.63) is 514 Å². The van der Waals surface area contributed by atoms with Crippen LogP contribution in [-0.2, 0) is 0 Å². The van der Waals surface area contributed by atoms with Crippen molar-refractivity contribution in [1.82, 2.24) is 44.9 Å². The average molecular weight is 1910 g/mol. The molecule has 0 bridgehead atoms. The first-order chi connectivity index (χ1) is 71.2. The Bertz CT molecular complexity index is 8700. The Morgan fingerprint density at radius 1 is 0.145 bits per heavy atom. The van der Waals surface area contributed by atoms with Crippen LogP contribution in [0, 0.1) is 27.7 Å². The maximum atomic E-state index is 5.19. The molecule has 0 radical (unpaired) electrons. The summed E-state index contributed by atoms with van der Waals surface area (Å²) in [5, 5.41) is 16.5. The molecule has 3 aliphatic heterocycles. The van der Waals surface area contributed by atoms with E-state index < -0.39 is 24.2 Å². The Balaban J connectivity index is 0.000000117. The van der Waals surface area contributed by atoms with Gasteiger partial charge in [0.2, 0.25) is 0 Å². The number of aryl methyl sites for hydroxylation is 4. The fourth-order valence-electron chi connectivity index (χ4n) is 21.7. The monoisotopic (exact) mass is 1910 g/mol. The minimum absolute atomic E-state index is 0.655. The lowest BCUT2D eigenvalue weighted by molar-refractivity contribution is 1.07. The van der Waals surface area contributed by atoms with Crippen molar-refractivity contribution in [2.45, 2.75) is 40.8 Å². The molecule has 145 heavy (non-hydrogen) atoms. The Labute approximate surface area is 849 Å². The zero-order valence-electron chi connectivity index (χ0n) is 81.3. The molecule has 0 saturated heterocycles. The fraction of sp³-hybridized carbons (Fsp3) is 0.0451. The van der Waals surface area contributed by atoms with Crippen molar-refractivity contribution in [2.24, 2.45) is 0 Å². The molecule has 0 saturated carbocycles. The molecule has 26 rings (SSSR count). The SMILES string of the molecule is C[Si]1(C)c2ccccc2-c2c1cc(-c1nc(-c3ccccc3)nc(-c3ccc(-c4ccccc4)cc3)n1)c1ccccc21.Cc1ccc([Si]2(c3ccc(C)cc3)c3ccccc3-c3cc(-c4nc(-c5ccccc5)nc(-c5ccc(-c6ccccc6)cc5)n4)ccc32)cc1.Cc1ccc([Si]2(c3ccc(C)cc3)c3ccccc3-c3ccc(-c4nc(-c5ccccc5)nc(-c5ccc(-c6ccccc6)cc5)n4)cc32)cc1. The molecule has 0 aliphatic carbocycles. The van der Waals surface area contributed by atoms with Gasteiger partial charge in [-0.25, -0.2) is 44.9 Å². The minimum Gasteiger partial charge on any atom is -0.208 e. The molecule has 0 amide bonds. The number of benzene rings is 20. The van der Waals surface area contributed by atoms with Crippen LogP contribution in [0.2, 0.25) is 13.1 Å². The van der Waals surface area contributed by atoms with Gasteiger partial charge in [-0.1, -0.05) is 521 Å². The van der Waals surface area contributed by atoms with E-state index in [0.717, 1.165) is 61.2 Å². The molecule has 12 heteroatoms. The Kier molecular flexibility index (Phi) is 23.6. The van der Waals surface area contributed by atoms with Crippen LogP contribution in [0.3, 0.4) is 0 Å². The summed E-state index contributed by atoms with van der Waals surface area (Å²) < 4.78 is 0. The van der Waals surface area contributed by atoms with Crippen molar-refractivity contribution < 1.29 is 0 Å². The Hall–Kier alpha value is -17.7. The number of rotatable bonds is 16. The zero-order valence-corrected chi connectivity index (χ0v) is 84.3. The van der Waals surface area contributed by atoms with Crippen molar-refractivity contribution >= 4 is 86.9 Å². The van der Waals surface area contributed by atoms with Gasteiger partial charge in [-0.15, -0.1) is 0 Å². The lowest BCUT2D eigenvalue weighted by Gasteiger charge is -2.31. The third-order valence-corrected chi connectivity index (χ3v) is 42.4. The highest BCUT2D eigenvalue weighted by atomic mass is 28.3. The van der Waals surface area contributed by atoms with Gasteiger partial charge >= 0.3 is 0 Å². The van der Waals surface area contributed by atoms with Crippen LogP contribution in [0.15, 0.2) is 491 Å². The second-order valence-electron chi connectivity index (χ2n) is 38.5. The highest BCUT2D eigenvalue weighted by molar-refractivity contribution is 7.23. The van der Waals surface area contributed by atoms with E-state index in [1.54, 1.807) is 0 Å².